The van der Waals surface area contributed by atoms with E-state index < -0.39 is 23.2 Å². The van der Waals surface area contributed by atoms with Crippen molar-refractivity contribution < 1.29 is 14.0 Å². The number of amides is 2. The van der Waals surface area contributed by atoms with Crippen molar-refractivity contribution in [2.75, 3.05) is 11.9 Å². The molecule has 4 heterocycles. The van der Waals surface area contributed by atoms with Gasteiger partial charge in [0.25, 0.3) is 0 Å². The van der Waals surface area contributed by atoms with Crippen molar-refractivity contribution in [3.05, 3.63) is 57.6 Å². The molecule has 3 N–H and O–H groups in total. The molecule has 3 aliphatic heterocycles. The number of pyridine rings is 1. The Balaban J connectivity index is 1.78. The maximum absolute atomic E-state index is 14.9. The van der Waals surface area contributed by atoms with E-state index in [1.54, 1.807) is 18.2 Å². The van der Waals surface area contributed by atoms with Crippen LogP contribution in [0.5, 0.6) is 0 Å². The summed E-state index contributed by atoms with van der Waals surface area (Å²) in [7, 11) is 0. The van der Waals surface area contributed by atoms with Gasteiger partial charge in [-0.3, -0.25) is 14.9 Å². The first-order chi connectivity index (χ1) is 12.9. The predicted octanol–water partition coefficient (Wildman–Crippen LogP) is 2.18. The second-order valence-electron chi connectivity index (χ2n) is 6.96. The molecule has 9 heteroatoms. The molecule has 2 aromatic rings. The van der Waals surface area contributed by atoms with Crippen LogP contribution in [0.1, 0.15) is 17.0 Å². The van der Waals surface area contributed by atoms with Gasteiger partial charge in [-0.15, -0.1) is 0 Å². The molecule has 0 aliphatic carbocycles. The number of aromatic nitrogens is 1. The van der Waals surface area contributed by atoms with E-state index in [2.05, 4.69) is 20.9 Å². The van der Waals surface area contributed by atoms with Gasteiger partial charge in [-0.25, -0.2) is 9.37 Å². The van der Waals surface area contributed by atoms with Gasteiger partial charge in [0.05, 0.1) is 5.92 Å². The Labute approximate surface area is 163 Å². The SMILES string of the molecule is O=C1NC[C@@H]2N[C@@]3(C(=O)Nc4cc(Cl)ccc43)[C@@H](c3ccnc(Cl)c3F)[C@H]12. The Morgan fingerprint density at radius 1 is 1.22 bits per heavy atom. The lowest BCUT2D eigenvalue weighted by Crippen LogP contribution is -2.50. The van der Waals surface area contributed by atoms with Gasteiger partial charge in [0.1, 0.15) is 5.54 Å². The Morgan fingerprint density at radius 3 is 2.85 bits per heavy atom. The van der Waals surface area contributed by atoms with E-state index in [0.29, 0.717) is 22.8 Å². The zero-order valence-corrected chi connectivity index (χ0v) is 15.2. The van der Waals surface area contributed by atoms with E-state index in [4.69, 9.17) is 23.2 Å². The molecular weight excluding hydrogens is 394 g/mol. The van der Waals surface area contributed by atoms with Crippen LogP contribution in [0.3, 0.4) is 0 Å². The van der Waals surface area contributed by atoms with Gasteiger partial charge >= 0.3 is 0 Å². The van der Waals surface area contributed by atoms with Crippen LogP contribution in [0.2, 0.25) is 10.2 Å². The van der Waals surface area contributed by atoms with E-state index in [0.717, 1.165) is 0 Å². The normalized spacial score (nSPS) is 31.0. The average molecular weight is 407 g/mol. The lowest BCUT2D eigenvalue weighted by atomic mass is 9.72. The minimum Gasteiger partial charge on any atom is -0.354 e. The highest BCUT2D eigenvalue weighted by Gasteiger charge is 2.65. The molecule has 138 valence electrons. The summed E-state index contributed by atoms with van der Waals surface area (Å²) in [5, 5.41) is 9.09. The molecule has 4 atom stereocenters. The molecule has 2 fully saturated rings. The Kier molecular flexibility index (Phi) is 3.53. The highest BCUT2D eigenvalue weighted by Crippen LogP contribution is 2.55. The standard InChI is InChI=1S/C18H13Cl2FN4O2/c19-7-1-2-9-10(5-7)24-17(27)18(9)13(8-3-4-22-15(20)14(8)21)12-11(25-18)6-23-16(12)26/h1-5,11-13,25H,6H2,(H,23,26)(H,24,27)/t11-,12+,13-,18+/m0/s1. The molecule has 1 aromatic carbocycles. The largest absolute Gasteiger partial charge is 0.354 e. The van der Waals surface area contributed by atoms with Crippen LogP contribution >= 0.6 is 23.2 Å². The summed E-state index contributed by atoms with van der Waals surface area (Å²) in [4.78, 5) is 29.5. The summed E-state index contributed by atoms with van der Waals surface area (Å²) < 4.78 is 14.9. The number of carbonyl (C=O) groups excluding carboxylic acids is 2. The minimum atomic E-state index is -1.29. The second kappa shape index (κ2) is 5.64. The van der Waals surface area contributed by atoms with Gasteiger partial charge in [-0.05, 0) is 23.8 Å². The number of halogens is 3. The van der Waals surface area contributed by atoms with E-state index >= 15 is 0 Å². The van der Waals surface area contributed by atoms with Crippen LogP contribution in [0.25, 0.3) is 0 Å². The second-order valence-corrected chi connectivity index (χ2v) is 7.75. The fourth-order valence-corrected chi connectivity index (χ4v) is 5.01. The number of anilines is 1. The van der Waals surface area contributed by atoms with E-state index in [1.807, 2.05) is 0 Å². The Bertz CT molecular complexity index is 1020. The number of nitrogens with one attached hydrogen (secondary N) is 3. The van der Waals surface area contributed by atoms with Gasteiger partial charge in [-0.2, -0.15) is 0 Å². The monoisotopic (exact) mass is 406 g/mol. The van der Waals surface area contributed by atoms with E-state index in [1.165, 1.54) is 12.3 Å². The maximum atomic E-state index is 14.9. The summed E-state index contributed by atoms with van der Waals surface area (Å²) in [5.74, 6) is -2.70. The van der Waals surface area contributed by atoms with Crippen molar-refractivity contribution in [1.82, 2.24) is 15.6 Å². The molecule has 0 bridgehead atoms. The third-order valence-electron chi connectivity index (χ3n) is 5.70. The first kappa shape index (κ1) is 16.9. The molecule has 6 nitrogen and oxygen atoms in total. The first-order valence-electron chi connectivity index (χ1n) is 8.40. The van der Waals surface area contributed by atoms with Crippen LogP contribution in [0.15, 0.2) is 30.5 Å². The van der Waals surface area contributed by atoms with Crippen molar-refractivity contribution in [2.24, 2.45) is 5.92 Å². The van der Waals surface area contributed by atoms with Gasteiger partial charge in [0.2, 0.25) is 11.8 Å². The molecule has 1 spiro atoms. The number of carbonyl (C=O) groups is 2. The molecule has 0 saturated carbocycles. The number of nitrogens with zero attached hydrogens (tertiary/aromatic N) is 1. The summed E-state index contributed by atoms with van der Waals surface area (Å²) in [6.45, 7) is 0.360. The first-order valence-corrected chi connectivity index (χ1v) is 9.16. The van der Waals surface area contributed by atoms with Crippen molar-refractivity contribution in [3.8, 4) is 0 Å². The lowest BCUT2D eigenvalue weighted by molar-refractivity contribution is -0.124. The zero-order chi connectivity index (χ0) is 18.9. The number of fused-ring (bicyclic) bond motifs is 3. The zero-order valence-electron chi connectivity index (χ0n) is 13.7. The molecule has 0 unspecified atom stereocenters. The summed E-state index contributed by atoms with van der Waals surface area (Å²) >= 11 is 12.0. The van der Waals surface area contributed by atoms with Crippen molar-refractivity contribution in [1.29, 1.82) is 0 Å². The summed E-state index contributed by atoms with van der Waals surface area (Å²) in [5.41, 5.74) is 0.0748. The van der Waals surface area contributed by atoms with Crippen molar-refractivity contribution in [2.45, 2.75) is 17.5 Å². The molecule has 27 heavy (non-hydrogen) atoms. The number of rotatable bonds is 1. The quantitative estimate of drug-likeness (QED) is 0.633. The van der Waals surface area contributed by atoms with Crippen LogP contribution < -0.4 is 16.0 Å². The molecule has 5 rings (SSSR count). The predicted molar refractivity (Wildman–Crippen MR) is 97.1 cm³/mol. The topological polar surface area (TPSA) is 83.1 Å². The Hall–Kier alpha value is -2.22. The third-order valence-corrected chi connectivity index (χ3v) is 6.19. The molecule has 2 saturated heterocycles. The number of benzene rings is 1. The number of hydrogen-bond donors (Lipinski definition) is 3. The van der Waals surface area contributed by atoms with Crippen LogP contribution in [0.4, 0.5) is 10.1 Å². The van der Waals surface area contributed by atoms with Crippen molar-refractivity contribution >= 4 is 40.7 Å². The summed E-state index contributed by atoms with van der Waals surface area (Å²) in [6, 6.07) is 6.21. The molecule has 2 amide bonds. The fourth-order valence-electron chi connectivity index (χ4n) is 4.67. The Morgan fingerprint density at radius 2 is 2.04 bits per heavy atom. The number of hydrogen-bond acceptors (Lipinski definition) is 4. The van der Waals surface area contributed by atoms with Gasteiger partial charge in [-0.1, -0.05) is 29.3 Å². The summed E-state index contributed by atoms with van der Waals surface area (Å²) in [6.07, 6.45) is 1.38. The lowest BCUT2D eigenvalue weighted by Gasteiger charge is -2.32. The maximum Gasteiger partial charge on any atom is 0.250 e. The van der Waals surface area contributed by atoms with Gasteiger partial charge in [0, 0.05) is 41.0 Å². The molecule has 1 aromatic heterocycles. The minimum absolute atomic E-state index is 0.185. The van der Waals surface area contributed by atoms with Gasteiger partial charge < -0.3 is 10.6 Å². The van der Waals surface area contributed by atoms with Crippen LogP contribution in [0, 0.1) is 11.7 Å². The molecule has 0 radical (unpaired) electrons. The van der Waals surface area contributed by atoms with E-state index in [9.17, 15) is 14.0 Å². The van der Waals surface area contributed by atoms with Crippen LogP contribution in [-0.2, 0) is 15.1 Å². The highest BCUT2D eigenvalue weighted by atomic mass is 35.5. The fraction of sp³-hybridized carbons (Fsp3) is 0.278. The molecular formula is C18H13Cl2FN4O2. The van der Waals surface area contributed by atoms with Gasteiger partial charge in [0.15, 0.2) is 11.0 Å². The molecule has 3 aliphatic rings. The average Bonchev–Trinajstić information content (AvgIpc) is 3.24. The van der Waals surface area contributed by atoms with E-state index in [-0.39, 0.29) is 28.6 Å². The smallest absolute Gasteiger partial charge is 0.250 e. The highest BCUT2D eigenvalue weighted by molar-refractivity contribution is 6.31. The third kappa shape index (κ3) is 2.13. The van der Waals surface area contributed by atoms with Crippen molar-refractivity contribution in [3.63, 3.8) is 0 Å². The van der Waals surface area contributed by atoms with Crippen LogP contribution in [-0.4, -0.2) is 29.4 Å².